The van der Waals surface area contributed by atoms with E-state index in [1.807, 2.05) is 24.4 Å². The Balaban J connectivity index is 0.00000133. The van der Waals surface area contributed by atoms with Crippen LogP contribution in [0.1, 0.15) is 37.9 Å². The molecule has 1 fully saturated rings. The Hall–Kier alpha value is -1.32. The number of rotatable bonds is 2. The summed E-state index contributed by atoms with van der Waals surface area (Å²) in [6, 6.07) is 10.3. The average Bonchev–Trinajstić information content (AvgIpc) is 2.91. The van der Waals surface area contributed by atoms with E-state index < -0.39 is 0 Å². The largest absolute Gasteiger partial charge is 0.340 e. The number of H-pyrrole nitrogens is 1. The van der Waals surface area contributed by atoms with Crippen LogP contribution in [0.4, 0.5) is 0 Å². The van der Waals surface area contributed by atoms with Gasteiger partial charge in [0.05, 0.1) is 17.4 Å². The molecule has 3 N–H and O–H groups in total. The lowest BCUT2D eigenvalue weighted by Gasteiger charge is -2.31. The van der Waals surface area contributed by atoms with Crippen molar-refractivity contribution in [3.63, 3.8) is 0 Å². The smallest absolute Gasteiger partial charge is 0.126 e. The molecule has 0 saturated heterocycles. The molecule has 0 unspecified atom stereocenters. The summed E-state index contributed by atoms with van der Waals surface area (Å²) >= 11 is 0. The van der Waals surface area contributed by atoms with Crippen LogP contribution in [0.2, 0.25) is 0 Å². The van der Waals surface area contributed by atoms with E-state index in [2.05, 4.69) is 22.1 Å². The van der Waals surface area contributed by atoms with Crippen molar-refractivity contribution in [1.82, 2.24) is 9.97 Å². The molecule has 0 aliphatic heterocycles. The summed E-state index contributed by atoms with van der Waals surface area (Å²) in [6.07, 6.45) is 7.68. The van der Waals surface area contributed by atoms with Crippen LogP contribution in [0.5, 0.6) is 0 Å². The molecule has 0 radical (unpaired) electrons. The van der Waals surface area contributed by atoms with Gasteiger partial charge in [-0.05, 0) is 18.4 Å². The molecular formula is C15H20ClN3. The number of nitrogens with one attached hydrogen (secondary N) is 1. The summed E-state index contributed by atoms with van der Waals surface area (Å²) < 4.78 is 0. The van der Waals surface area contributed by atoms with Gasteiger partial charge in [-0.1, -0.05) is 49.6 Å². The SMILES string of the molecule is Cl.NC1(c2ncc(-c3ccccc3)[nH]2)CCCCC1. The van der Waals surface area contributed by atoms with Gasteiger partial charge in [-0.3, -0.25) is 0 Å². The summed E-state index contributed by atoms with van der Waals surface area (Å²) in [6.45, 7) is 0. The van der Waals surface area contributed by atoms with E-state index in [1.54, 1.807) is 0 Å². The number of nitrogens with zero attached hydrogens (tertiary/aromatic N) is 1. The predicted molar refractivity (Wildman–Crippen MR) is 80.2 cm³/mol. The minimum absolute atomic E-state index is 0. The Morgan fingerprint density at radius 3 is 2.42 bits per heavy atom. The molecule has 4 heteroatoms. The second kappa shape index (κ2) is 5.76. The molecule has 19 heavy (non-hydrogen) atoms. The van der Waals surface area contributed by atoms with E-state index in [1.165, 1.54) is 19.3 Å². The third kappa shape index (κ3) is 2.82. The molecule has 102 valence electrons. The first-order chi connectivity index (χ1) is 8.78. The zero-order valence-electron chi connectivity index (χ0n) is 10.9. The van der Waals surface area contributed by atoms with Crippen molar-refractivity contribution in [2.24, 2.45) is 5.73 Å². The predicted octanol–water partition coefficient (Wildman–Crippen LogP) is 3.62. The Morgan fingerprint density at radius 2 is 1.74 bits per heavy atom. The van der Waals surface area contributed by atoms with E-state index >= 15 is 0 Å². The minimum Gasteiger partial charge on any atom is -0.340 e. The molecule has 2 aromatic rings. The lowest BCUT2D eigenvalue weighted by Crippen LogP contribution is -2.39. The van der Waals surface area contributed by atoms with Gasteiger partial charge in [-0.25, -0.2) is 4.98 Å². The molecule has 1 aromatic heterocycles. The highest BCUT2D eigenvalue weighted by atomic mass is 35.5. The maximum Gasteiger partial charge on any atom is 0.126 e. The highest BCUT2D eigenvalue weighted by Crippen LogP contribution is 2.33. The van der Waals surface area contributed by atoms with Crippen molar-refractivity contribution >= 4 is 12.4 Å². The first-order valence-corrected chi connectivity index (χ1v) is 6.68. The third-order valence-electron chi connectivity index (χ3n) is 3.88. The average molecular weight is 278 g/mol. The van der Waals surface area contributed by atoms with Gasteiger partial charge in [0, 0.05) is 0 Å². The number of nitrogens with two attached hydrogens (primary N) is 1. The van der Waals surface area contributed by atoms with Gasteiger partial charge >= 0.3 is 0 Å². The molecule has 3 rings (SSSR count). The van der Waals surface area contributed by atoms with Crippen molar-refractivity contribution in [3.8, 4) is 11.3 Å². The summed E-state index contributed by atoms with van der Waals surface area (Å²) in [5, 5.41) is 0. The van der Waals surface area contributed by atoms with Crippen molar-refractivity contribution in [1.29, 1.82) is 0 Å². The maximum atomic E-state index is 6.48. The molecule has 1 aliphatic carbocycles. The molecular weight excluding hydrogens is 258 g/mol. The number of aromatic amines is 1. The van der Waals surface area contributed by atoms with Crippen molar-refractivity contribution < 1.29 is 0 Å². The van der Waals surface area contributed by atoms with Crippen LogP contribution in [-0.4, -0.2) is 9.97 Å². The quantitative estimate of drug-likeness (QED) is 0.881. The minimum atomic E-state index is -0.245. The Labute approximate surface area is 120 Å². The normalized spacial score (nSPS) is 17.7. The van der Waals surface area contributed by atoms with Gasteiger partial charge in [0.1, 0.15) is 5.82 Å². The number of hydrogen-bond donors (Lipinski definition) is 2. The molecule has 0 spiro atoms. The zero-order chi connectivity index (χ0) is 12.4. The van der Waals surface area contributed by atoms with E-state index in [0.717, 1.165) is 29.9 Å². The van der Waals surface area contributed by atoms with Crippen molar-refractivity contribution in [3.05, 3.63) is 42.4 Å². The lowest BCUT2D eigenvalue weighted by molar-refractivity contribution is 0.289. The van der Waals surface area contributed by atoms with E-state index in [4.69, 9.17) is 5.73 Å². The number of aromatic nitrogens is 2. The fourth-order valence-corrected chi connectivity index (χ4v) is 2.76. The number of hydrogen-bond acceptors (Lipinski definition) is 2. The van der Waals surface area contributed by atoms with E-state index in [9.17, 15) is 0 Å². The first kappa shape index (κ1) is 14.1. The van der Waals surface area contributed by atoms with Gasteiger partial charge in [-0.2, -0.15) is 0 Å². The Kier molecular flexibility index (Phi) is 4.27. The van der Waals surface area contributed by atoms with Crippen LogP contribution in [0, 0.1) is 0 Å². The highest BCUT2D eigenvalue weighted by molar-refractivity contribution is 5.85. The third-order valence-corrected chi connectivity index (χ3v) is 3.88. The van der Waals surface area contributed by atoms with Gasteiger partial charge in [0.15, 0.2) is 0 Å². The van der Waals surface area contributed by atoms with Gasteiger partial charge in [-0.15, -0.1) is 12.4 Å². The Morgan fingerprint density at radius 1 is 1.05 bits per heavy atom. The van der Waals surface area contributed by atoms with Crippen LogP contribution in [0.25, 0.3) is 11.3 Å². The molecule has 3 nitrogen and oxygen atoms in total. The summed E-state index contributed by atoms with van der Waals surface area (Å²) in [7, 11) is 0. The first-order valence-electron chi connectivity index (χ1n) is 6.68. The summed E-state index contributed by atoms with van der Waals surface area (Å²) in [5.41, 5.74) is 8.45. The zero-order valence-corrected chi connectivity index (χ0v) is 11.7. The van der Waals surface area contributed by atoms with Gasteiger partial charge in [0.2, 0.25) is 0 Å². The molecule has 1 saturated carbocycles. The Bertz CT molecular complexity index is 515. The molecule has 0 atom stereocenters. The standard InChI is InChI=1S/C15H19N3.ClH/c16-15(9-5-2-6-10-15)14-17-11-13(18-14)12-7-3-1-4-8-12;/h1,3-4,7-8,11H,2,5-6,9-10,16H2,(H,17,18);1H. The topological polar surface area (TPSA) is 54.7 Å². The van der Waals surface area contributed by atoms with Crippen LogP contribution in [0.15, 0.2) is 36.5 Å². The highest BCUT2D eigenvalue weighted by Gasteiger charge is 2.32. The monoisotopic (exact) mass is 277 g/mol. The van der Waals surface area contributed by atoms with Crippen molar-refractivity contribution in [2.45, 2.75) is 37.6 Å². The maximum absolute atomic E-state index is 6.48. The second-order valence-electron chi connectivity index (χ2n) is 5.23. The van der Waals surface area contributed by atoms with Gasteiger partial charge in [0.25, 0.3) is 0 Å². The molecule has 0 amide bonds. The van der Waals surface area contributed by atoms with Crippen molar-refractivity contribution in [2.75, 3.05) is 0 Å². The lowest BCUT2D eigenvalue weighted by atomic mass is 9.82. The summed E-state index contributed by atoms with van der Waals surface area (Å²) in [5.74, 6) is 0.945. The number of benzene rings is 1. The number of imidazole rings is 1. The van der Waals surface area contributed by atoms with Crippen LogP contribution >= 0.6 is 12.4 Å². The van der Waals surface area contributed by atoms with Crippen LogP contribution in [-0.2, 0) is 5.54 Å². The van der Waals surface area contributed by atoms with Crippen LogP contribution in [0.3, 0.4) is 0 Å². The van der Waals surface area contributed by atoms with E-state index in [0.29, 0.717) is 0 Å². The molecule has 0 bridgehead atoms. The molecule has 1 heterocycles. The fraction of sp³-hybridized carbons (Fsp3) is 0.400. The summed E-state index contributed by atoms with van der Waals surface area (Å²) in [4.78, 5) is 7.91. The van der Waals surface area contributed by atoms with E-state index in [-0.39, 0.29) is 17.9 Å². The second-order valence-corrected chi connectivity index (χ2v) is 5.23. The van der Waals surface area contributed by atoms with Crippen LogP contribution < -0.4 is 5.73 Å². The fourth-order valence-electron chi connectivity index (χ4n) is 2.76. The van der Waals surface area contributed by atoms with Gasteiger partial charge < -0.3 is 10.7 Å². The molecule has 1 aromatic carbocycles. The molecule has 1 aliphatic rings. The number of halogens is 1.